The van der Waals surface area contributed by atoms with E-state index in [2.05, 4.69) is 20.4 Å². The van der Waals surface area contributed by atoms with Crippen molar-refractivity contribution < 1.29 is 4.79 Å². The lowest BCUT2D eigenvalue weighted by molar-refractivity contribution is -0.117. The lowest BCUT2D eigenvalue weighted by Crippen LogP contribution is -2.28. The van der Waals surface area contributed by atoms with Crippen molar-refractivity contribution in [3.63, 3.8) is 0 Å². The minimum absolute atomic E-state index is 0.0897. The number of carbonyl (C=O) groups excluding carboxylic acids is 1. The van der Waals surface area contributed by atoms with Gasteiger partial charge in [0.15, 0.2) is 0 Å². The molecule has 150 valence electrons. The minimum atomic E-state index is -1.05. The quantitative estimate of drug-likeness (QED) is 0.451. The van der Waals surface area contributed by atoms with Crippen molar-refractivity contribution in [2.24, 2.45) is 22.8 Å². The molecule has 1 aliphatic rings. The molecule has 0 spiro atoms. The number of para-hydroxylation sites is 1. The van der Waals surface area contributed by atoms with Crippen molar-refractivity contribution >= 4 is 28.9 Å². The zero-order valence-electron chi connectivity index (χ0n) is 16.4. The van der Waals surface area contributed by atoms with Gasteiger partial charge in [0.25, 0.3) is 5.91 Å². The molecule has 4 N–H and O–H groups in total. The van der Waals surface area contributed by atoms with Crippen LogP contribution in [0.2, 0.25) is 0 Å². The number of benzene rings is 2. The van der Waals surface area contributed by atoms with Crippen molar-refractivity contribution in [3.05, 3.63) is 83.7 Å². The molecule has 0 saturated carbocycles. The van der Waals surface area contributed by atoms with Crippen LogP contribution in [0.4, 0.5) is 5.69 Å². The molecule has 1 atom stereocenters. The molecule has 2 aromatic carbocycles. The van der Waals surface area contributed by atoms with Crippen LogP contribution >= 0.6 is 0 Å². The standard InChI is InChI=1S/C22H21N7O/c1-29-18(11-12-25-29)16(23)13-19(24)27-21-22(30)26-17-10-6-5-9-15(17)20(28-21)14-7-3-2-4-8-14/h2-12,21,23H,13H2,1H3,(H2,24,27)(H,26,30). The van der Waals surface area contributed by atoms with Gasteiger partial charge >= 0.3 is 0 Å². The number of aryl methyl sites for hydroxylation is 1. The Labute approximate surface area is 173 Å². The van der Waals surface area contributed by atoms with Gasteiger partial charge in [-0.15, -0.1) is 0 Å². The Morgan fingerprint density at radius 2 is 1.90 bits per heavy atom. The van der Waals surface area contributed by atoms with E-state index < -0.39 is 6.17 Å². The number of nitrogens with one attached hydrogen (secondary N) is 2. The third-order valence-electron chi connectivity index (χ3n) is 4.75. The molecule has 1 amide bonds. The fourth-order valence-corrected chi connectivity index (χ4v) is 3.30. The average molecular weight is 399 g/mol. The van der Waals surface area contributed by atoms with Crippen LogP contribution in [0.1, 0.15) is 23.2 Å². The number of rotatable bonds is 5. The lowest BCUT2D eigenvalue weighted by Gasteiger charge is -2.09. The normalized spacial score (nSPS) is 16.3. The van der Waals surface area contributed by atoms with Gasteiger partial charge in [-0.2, -0.15) is 5.10 Å². The van der Waals surface area contributed by atoms with E-state index in [-0.39, 0.29) is 23.9 Å². The average Bonchev–Trinajstić information content (AvgIpc) is 3.12. The van der Waals surface area contributed by atoms with Crippen molar-refractivity contribution in [1.29, 1.82) is 5.41 Å². The third-order valence-corrected chi connectivity index (χ3v) is 4.75. The molecule has 8 heteroatoms. The summed E-state index contributed by atoms with van der Waals surface area (Å²) in [6.07, 6.45) is 0.655. The van der Waals surface area contributed by atoms with E-state index in [1.54, 1.807) is 24.0 Å². The van der Waals surface area contributed by atoms with E-state index in [0.717, 1.165) is 11.1 Å². The number of benzodiazepines with no additional fused rings is 1. The van der Waals surface area contributed by atoms with E-state index in [1.807, 2.05) is 54.6 Å². The molecule has 2 heterocycles. The molecule has 8 nitrogen and oxygen atoms in total. The number of anilines is 1. The second-order valence-electron chi connectivity index (χ2n) is 6.87. The first-order chi connectivity index (χ1) is 14.5. The van der Waals surface area contributed by atoms with Gasteiger partial charge in [-0.1, -0.05) is 48.5 Å². The van der Waals surface area contributed by atoms with Crippen LogP contribution in [0, 0.1) is 5.41 Å². The Bertz CT molecular complexity index is 1160. The summed E-state index contributed by atoms with van der Waals surface area (Å²) in [5.74, 6) is -0.216. The monoisotopic (exact) mass is 399 g/mol. The number of hydrogen-bond donors (Lipinski definition) is 3. The first-order valence-corrected chi connectivity index (χ1v) is 9.44. The van der Waals surface area contributed by atoms with Crippen LogP contribution in [0.5, 0.6) is 0 Å². The summed E-state index contributed by atoms with van der Waals surface area (Å²) in [6, 6.07) is 18.9. The van der Waals surface area contributed by atoms with Crippen molar-refractivity contribution in [3.8, 4) is 0 Å². The number of hydrogen-bond acceptors (Lipinski definition) is 5. The van der Waals surface area contributed by atoms with Gasteiger partial charge in [0, 0.05) is 30.8 Å². The van der Waals surface area contributed by atoms with Crippen LogP contribution in [-0.4, -0.2) is 39.1 Å². The van der Waals surface area contributed by atoms with Crippen LogP contribution in [0.15, 0.2) is 76.8 Å². The van der Waals surface area contributed by atoms with Gasteiger partial charge in [0.05, 0.1) is 22.8 Å². The molecule has 0 fully saturated rings. The van der Waals surface area contributed by atoms with Crippen LogP contribution in [0.3, 0.4) is 0 Å². The first kappa shape index (κ1) is 19.3. The van der Waals surface area contributed by atoms with E-state index >= 15 is 0 Å². The summed E-state index contributed by atoms with van der Waals surface area (Å²) in [5, 5.41) is 15.2. The number of aliphatic imine (C=N–C) groups is 2. The lowest BCUT2D eigenvalue weighted by atomic mass is 10.0. The van der Waals surface area contributed by atoms with E-state index in [9.17, 15) is 4.79 Å². The molecule has 0 radical (unpaired) electrons. The fourth-order valence-electron chi connectivity index (χ4n) is 3.30. The number of nitrogens with zero attached hydrogens (tertiary/aromatic N) is 4. The molecule has 1 aromatic heterocycles. The molecule has 0 saturated heterocycles. The highest BCUT2D eigenvalue weighted by Crippen LogP contribution is 2.24. The smallest absolute Gasteiger partial charge is 0.271 e. The van der Waals surface area contributed by atoms with Gasteiger partial charge in [-0.05, 0) is 12.1 Å². The number of amidine groups is 1. The summed E-state index contributed by atoms with van der Waals surface area (Å²) < 4.78 is 1.59. The Hall–Kier alpha value is -4.07. The molecular formula is C22H21N7O. The summed E-state index contributed by atoms with van der Waals surface area (Å²) in [4.78, 5) is 21.8. The maximum absolute atomic E-state index is 12.8. The molecule has 1 unspecified atom stereocenters. The molecule has 0 aliphatic carbocycles. The predicted molar refractivity (Wildman–Crippen MR) is 117 cm³/mol. The zero-order valence-corrected chi connectivity index (χ0v) is 16.4. The molecule has 1 aliphatic heterocycles. The van der Waals surface area contributed by atoms with Crippen LogP contribution < -0.4 is 11.1 Å². The maximum Gasteiger partial charge on any atom is 0.271 e. The van der Waals surface area contributed by atoms with E-state index in [0.29, 0.717) is 17.1 Å². The highest BCUT2D eigenvalue weighted by molar-refractivity contribution is 6.20. The van der Waals surface area contributed by atoms with Crippen molar-refractivity contribution in [1.82, 2.24) is 9.78 Å². The van der Waals surface area contributed by atoms with E-state index in [4.69, 9.17) is 11.1 Å². The maximum atomic E-state index is 12.8. The second kappa shape index (κ2) is 8.12. The molecule has 0 bridgehead atoms. The van der Waals surface area contributed by atoms with Gasteiger partial charge < -0.3 is 16.5 Å². The number of nitrogens with two attached hydrogens (primary N) is 1. The predicted octanol–water partition coefficient (Wildman–Crippen LogP) is 2.35. The number of amides is 1. The van der Waals surface area contributed by atoms with Gasteiger partial charge in [0.1, 0.15) is 5.84 Å². The Kier molecular flexibility index (Phi) is 5.21. The second-order valence-corrected chi connectivity index (χ2v) is 6.87. The number of carbonyl (C=O) groups is 1. The van der Waals surface area contributed by atoms with Gasteiger partial charge in [0.2, 0.25) is 6.17 Å². The van der Waals surface area contributed by atoms with Gasteiger partial charge in [-0.3, -0.25) is 9.48 Å². The number of fused-ring (bicyclic) bond motifs is 1. The zero-order chi connectivity index (χ0) is 21.1. The summed E-state index contributed by atoms with van der Waals surface area (Å²) in [6.45, 7) is 0. The highest BCUT2D eigenvalue weighted by Gasteiger charge is 2.25. The van der Waals surface area contributed by atoms with Crippen LogP contribution in [0.25, 0.3) is 0 Å². The minimum Gasteiger partial charge on any atom is -0.387 e. The van der Waals surface area contributed by atoms with E-state index in [1.165, 1.54) is 0 Å². The Morgan fingerprint density at radius 1 is 1.17 bits per heavy atom. The first-order valence-electron chi connectivity index (χ1n) is 9.44. The Morgan fingerprint density at radius 3 is 2.63 bits per heavy atom. The molecule has 4 rings (SSSR count). The number of aromatic nitrogens is 2. The topological polar surface area (TPSA) is 122 Å². The highest BCUT2D eigenvalue weighted by atomic mass is 16.2. The van der Waals surface area contributed by atoms with Crippen LogP contribution in [-0.2, 0) is 11.8 Å². The summed E-state index contributed by atoms with van der Waals surface area (Å²) in [7, 11) is 1.75. The largest absolute Gasteiger partial charge is 0.387 e. The van der Waals surface area contributed by atoms with Gasteiger partial charge in [-0.25, -0.2) is 9.98 Å². The SMILES string of the molecule is Cn1nccc1C(=N)CC(N)=NC1N=C(c2ccccc2)c2ccccc2NC1=O. The van der Waals surface area contributed by atoms with Crippen molar-refractivity contribution in [2.75, 3.05) is 5.32 Å². The molecule has 30 heavy (non-hydrogen) atoms. The Balaban J connectivity index is 1.69. The molecule has 3 aromatic rings. The molecular weight excluding hydrogens is 378 g/mol. The third kappa shape index (κ3) is 3.88. The summed E-state index contributed by atoms with van der Waals surface area (Å²) in [5.41, 5.74) is 10.0. The summed E-state index contributed by atoms with van der Waals surface area (Å²) >= 11 is 0. The van der Waals surface area contributed by atoms with Crippen molar-refractivity contribution in [2.45, 2.75) is 12.6 Å². The fraction of sp³-hybridized carbons (Fsp3) is 0.136.